The van der Waals surface area contributed by atoms with Crippen molar-refractivity contribution in [3.63, 3.8) is 0 Å². The lowest BCUT2D eigenvalue weighted by Crippen LogP contribution is -2.29. The molecule has 0 saturated carbocycles. The van der Waals surface area contributed by atoms with Crippen LogP contribution >= 0.6 is 15.9 Å². The fourth-order valence-corrected chi connectivity index (χ4v) is 1.61. The number of rotatable bonds is 4. The molecule has 0 atom stereocenters. The number of carbonyl (C=O) groups excluding carboxylic acids is 1. The van der Waals surface area contributed by atoms with E-state index in [2.05, 4.69) is 31.5 Å². The summed E-state index contributed by atoms with van der Waals surface area (Å²) in [6.45, 7) is 0.526. The molecule has 17 heavy (non-hydrogen) atoms. The van der Waals surface area contributed by atoms with Gasteiger partial charge in [-0.05, 0) is 38.5 Å². The van der Waals surface area contributed by atoms with Gasteiger partial charge in [0.2, 0.25) is 5.91 Å². The van der Waals surface area contributed by atoms with Gasteiger partial charge in [0.15, 0.2) is 4.67 Å². The summed E-state index contributed by atoms with van der Waals surface area (Å²) in [5.41, 5.74) is 0. The summed E-state index contributed by atoms with van der Waals surface area (Å²) < 4.78 is 7.33. The van der Waals surface area contributed by atoms with Crippen LogP contribution in [0, 0.1) is 0 Å². The third kappa shape index (κ3) is 3.13. The Bertz CT molecular complexity index is 495. The molecule has 0 aromatic carbocycles. The predicted molar refractivity (Wildman–Crippen MR) is 60.7 cm³/mol. The molecule has 8 heteroatoms. The maximum Gasteiger partial charge on any atom is 0.244 e. The van der Waals surface area contributed by atoms with Crippen molar-refractivity contribution in [1.82, 2.24) is 25.1 Å². The van der Waals surface area contributed by atoms with E-state index in [1.165, 1.54) is 11.0 Å². The lowest BCUT2D eigenvalue weighted by atomic mass is 10.4. The van der Waals surface area contributed by atoms with E-state index in [9.17, 15) is 4.79 Å². The monoisotopic (exact) mass is 299 g/mol. The van der Waals surface area contributed by atoms with E-state index in [1.54, 1.807) is 18.0 Å². The molecule has 0 aliphatic rings. The number of furan rings is 1. The van der Waals surface area contributed by atoms with E-state index >= 15 is 0 Å². The van der Waals surface area contributed by atoms with Crippen LogP contribution in [0.2, 0.25) is 0 Å². The van der Waals surface area contributed by atoms with Crippen molar-refractivity contribution in [2.24, 2.45) is 0 Å². The summed E-state index contributed by atoms with van der Waals surface area (Å²) in [6, 6.07) is 3.60. The summed E-state index contributed by atoms with van der Waals surface area (Å²) in [5.74, 6) is 0.620. The molecule has 7 nitrogen and oxygen atoms in total. The number of aromatic nitrogens is 4. The molecule has 0 bridgehead atoms. The van der Waals surface area contributed by atoms with Gasteiger partial charge in [0.25, 0.3) is 0 Å². The first kappa shape index (κ1) is 11.8. The molecule has 2 heterocycles. The molecule has 2 aromatic heterocycles. The van der Waals surface area contributed by atoms with Crippen molar-refractivity contribution in [2.45, 2.75) is 13.1 Å². The predicted octanol–water partition coefficient (Wildman–Crippen LogP) is 0.687. The zero-order valence-corrected chi connectivity index (χ0v) is 10.7. The molecule has 0 saturated heterocycles. The van der Waals surface area contributed by atoms with Gasteiger partial charge in [-0.3, -0.25) is 4.79 Å². The largest absolute Gasteiger partial charge is 0.452 e. The minimum atomic E-state index is -0.0928. The van der Waals surface area contributed by atoms with Crippen LogP contribution in [0.5, 0.6) is 0 Å². The number of likely N-dealkylation sites (N-methyl/N-ethyl adjacent to an activating group) is 1. The molecule has 90 valence electrons. The first-order valence-corrected chi connectivity index (χ1v) is 5.63. The third-order valence-corrected chi connectivity index (χ3v) is 2.56. The Hall–Kier alpha value is -1.70. The van der Waals surface area contributed by atoms with E-state index in [4.69, 9.17) is 4.42 Å². The SMILES string of the molecule is CN(Cc1ccc(Br)o1)C(=O)Cn1cnnn1. The highest BCUT2D eigenvalue weighted by atomic mass is 79.9. The van der Waals surface area contributed by atoms with E-state index in [0.717, 1.165) is 0 Å². The van der Waals surface area contributed by atoms with E-state index in [-0.39, 0.29) is 12.5 Å². The molecule has 2 rings (SSSR count). The molecular weight excluding hydrogens is 290 g/mol. The summed E-state index contributed by atoms with van der Waals surface area (Å²) >= 11 is 3.21. The minimum absolute atomic E-state index is 0.0928. The lowest BCUT2D eigenvalue weighted by Gasteiger charge is -2.14. The summed E-state index contributed by atoms with van der Waals surface area (Å²) in [6.07, 6.45) is 1.40. The van der Waals surface area contributed by atoms with E-state index in [1.807, 2.05) is 6.07 Å². The molecule has 0 unspecified atom stereocenters. The van der Waals surface area contributed by atoms with Gasteiger partial charge in [-0.2, -0.15) is 0 Å². The van der Waals surface area contributed by atoms with Crippen LogP contribution in [0.3, 0.4) is 0 Å². The first-order valence-electron chi connectivity index (χ1n) is 4.84. The molecule has 0 aliphatic heterocycles. The zero-order chi connectivity index (χ0) is 12.3. The van der Waals surface area contributed by atoms with Gasteiger partial charge in [0, 0.05) is 7.05 Å². The number of nitrogens with zero attached hydrogens (tertiary/aromatic N) is 5. The summed E-state index contributed by atoms with van der Waals surface area (Å²) in [7, 11) is 1.70. The minimum Gasteiger partial charge on any atom is -0.452 e. The van der Waals surface area contributed by atoms with Gasteiger partial charge >= 0.3 is 0 Å². The Kier molecular flexibility index (Phi) is 3.52. The van der Waals surface area contributed by atoms with Crippen molar-refractivity contribution in [1.29, 1.82) is 0 Å². The highest BCUT2D eigenvalue weighted by Gasteiger charge is 2.12. The molecule has 0 N–H and O–H groups in total. The number of tetrazole rings is 1. The van der Waals surface area contributed by atoms with Gasteiger partial charge in [-0.1, -0.05) is 0 Å². The van der Waals surface area contributed by atoms with Gasteiger partial charge < -0.3 is 9.32 Å². The molecular formula is C9H10BrN5O2. The van der Waals surface area contributed by atoms with Gasteiger partial charge in [0.1, 0.15) is 18.6 Å². The van der Waals surface area contributed by atoms with Gasteiger partial charge in [-0.15, -0.1) is 5.10 Å². The van der Waals surface area contributed by atoms with Crippen LogP contribution < -0.4 is 0 Å². The fourth-order valence-electron chi connectivity index (χ4n) is 1.27. The van der Waals surface area contributed by atoms with E-state index < -0.39 is 0 Å². The van der Waals surface area contributed by atoms with Crippen molar-refractivity contribution >= 4 is 21.8 Å². The average molecular weight is 300 g/mol. The molecule has 0 spiro atoms. The van der Waals surface area contributed by atoms with Crippen LogP contribution in [-0.4, -0.2) is 38.1 Å². The second kappa shape index (κ2) is 5.09. The maximum absolute atomic E-state index is 11.8. The van der Waals surface area contributed by atoms with E-state index in [0.29, 0.717) is 17.0 Å². The Labute approximate surface area is 106 Å². The number of hydrogen-bond donors (Lipinski definition) is 0. The fraction of sp³-hybridized carbons (Fsp3) is 0.333. The van der Waals surface area contributed by atoms with Crippen LogP contribution in [0.1, 0.15) is 5.76 Å². The first-order chi connectivity index (χ1) is 8.15. The number of halogens is 1. The summed E-state index contributed by atoms with van der Waals surface area (Å²) in [4.78, 5) is 13.3. The summed E-state index contributed by atoms with van der Waals surface area (Å²) in [5, 5.41) is 10.5. The zero-order valence-electron chi connectivity index (χ0n) is 9.08. The smallest absolute Gasteiger partial charge is 0.244 e. The quantitative estimate of drug-likeness (QED) is 0.830. The normalized spacial score (nSPS) is 10.5. The standard InChI is InChI=1S/C9H10BrN5O2/c1-14(4-7-2-3-8(10)17-7)9(16)5-15-6-11-12-13-15/h2-3,6H,4-5H2,1H3. The molecule has 2 aromatic rings. The highest BCUT2D eigenvalue weighted by molar-refractivity contribution is 9.10. The van der Waals surface area contributed by atoms with Crippen molar-refractivity contribution < 1.29 is 9.21 Å². The van der Waals surface area contributed by atoms with Crippen LogP contribution in [-0.2, 0) is 17.9 Å². The van der Waals surface area contributed by atoms with Crippen LogP contribution in [0.4, 0.5) is 0 Å². The second-order valence-corrected chi connectivity index (χ2v) is 4.24. The topological polar surface area (TPSA) is 77.0 Å². The van der Waals surface area contributed by atoms with Gasteiger partial charge in [-0.25, -0.2) is 4.68 Å². The lowest BCUT2D eigenvalue weighted by molar-refractivity contribution is -0.131. The van der Waals surface area contributed by atoms with Gasteiger partial charge in [0.05, 0.1) is 6.54 Å². The number of carbonyl (C=O) groups is 1. The Morgan fingerprint density at radius 2 is 2.41 bits per heavy atom. The van der Waals surface area contributed by atoms with Crippen molar-refractivity contribution in [2.75, 3.05) is 7.05 Å². The Morgan fingerprint density at radius 3 is 3.00 bits per heavy atom. The van der Waals surface area contributed by atoms with Crippen molar-refractivity contribution in [3.05, 3.63) is 28.9 Å². The van der Waals surface area contributed by atoms with Crippen LogP contribution in [0.15, 0.2) is 27.5 Å². The Balaban J connectivity index is 1.91. The molecule has 0 aliphatic carbocycles. The van der Waals surface area contributed by atoms with Crippen molar-refractivity contribution in [3.8, 4) is 0 Å². The molecule has 0 radical (unpaired) electrons. The maximum atomic E-state index is 11.8. The Morgan fingerprint density at radius 1 is 1.59 bits per heavy atom. The molecule has 1 amide bonds. The average Bonchev–Trinajstić information content (AvgIpc) is 2.90. The number of hydrogen-bond acceptors (Lipinski definition) is 5. The third-order valence-electron chi connectivity index (χ3n) is 2.14. The highest BCUT2D eigenvalue weighted by Crippen LogP contribution is 2.15. The van der Waals surface area contributed by atoms with Crippen LogP contribution in [0.25, 0.3) is 0 Å². The number of amides is 1. The second-order valence-electron chi connectivity index (χ2n) is 3.46. The molecule has 0 fully saturated rings.